The molecule has 0 saturated carbocycles. The average Bonchev–Trinajstić information content (AvgIpc) is 2.94. The lowest BCUT2D eigenvalue weighted by molar-refractivity contribution is 0.679. The molecule has 0 spiro atoms. The van der Waals surface area contributed by atoms with E-state index in [-0.39, 0.29) is 0 Å². The third-order valence-corrected chi connectivity index (χ3v) is 4.13. The summed E-state index contributed by atoms with van der Waals surface area (Å²) in [6.07, 6.45) is 4.09. The van der Waals surface area contributed by atoms with E-state index in [0.29, 0.717) is 0 Å². The van der Waals surface area contributed by atoms with Crippen molar-refractivity contribution in [1.82, 2.24) is 19.7 Å². The molecule has 0 aromatic carbocycles. The molecule has 0 aliphatic rings. The molecule has 1 N–H and O–H groups in total. The van der Waals surface area contributed by atoms with Crippen molar-refractivity contribution in [3.63, 3.8) is 0 Å². The van der Waals surface area contributed by atoms with Crippen LogP contribution in [0.25, 0.3) is 4.96 Å². The van der Waals surface area contributed by atoms with E-state index in [1.54, 1.807) is 22.7 Å². The van der Waals surface area contributed by atoms with Crippen molar-refractivity contribution in [1.29, 1.82) is 0 Å². The first kappa shape index (κ1) is 10.9. The van der Waals surface area contributed by atoms with E-state index in [1.807, 2.05) is 18.5 Å². The van der Waals surface area contributed by atoms with E-state index in [1.165, 1.54) is 0 Å². The van der Waals surface area contributed by atoms with Gasteiger partial charge in [-0.1, -0.05) is 0 Å². The quantitative estimate of drug-likeness (QED) is 0.787. The molecule has 88 valence electrons. The standard InChI is InChI=1S/C11H12N4S2/c1-8-7-17-10(13-8)5-12-4-9-6-15-2-3-16-11(15)14-9/h2-3,6-7,12H,4-5H2,1H3. The van der Waals surface area contributed by atoms with Crippen LogP contribution in [0.4, 0.5) is 0 Å². The van der Waals surface area contributed by atoms with Gasteiger partial charge in [-0.05, 0) is 6.92 Å². The summed E-state index contributed by atoms with van der Waals surface area (Å²) in [5.41, 5.74) is 2.17. The molecule has 0 radical (unpaired) electrons. The van der Waals surface area contributed by atoms with Gasteiger partial charge in [0.25, 0.3) is 0 Å². The summed E-state index contributed by atoms with van der Waals surface area (Å²) >= 11 is 3.35. The van der Waals surface area contributed by atoms with Crippen molar-refractivity contribution in [2.24, 2.45) is 0 Å². The third-order valence-electron chi connectivity index (χ3n) is 2.39. The van der Waals surface area contributed by atoms with E-state index in [2.05, 4.69) is 31.3 Å². The summed E-state index contributed by atoms with van der Waals surface area (Å²) in [6.45, 7) is 3.61. The monoisotopic (exact) mass is 264 g/mol. The van der Waals surface area contributed by atoms with Gasteiger partial charge in [-0.2, -0.15) is 0 Å². The number of imidazole rings is 1. The van der Waals surface area contributed by atoms with Crippen LogP contribution < -0.4 is 5.32 Å². The highest BCUT2D eigenvalue weighted by atomic mass is 32.1. The maximum Gasteiger partial charge on any atom is 0.193 e. The maximum atomic E-state index is 4.51. The van der Waals surface area contributed by atoms with E-state index in [9.17, 15) is 0 Å². The number of thiazole rings is 2. The molecule has 17 heavy (non-hydrogen) atoms. The maximum absolute atomic E-state index is 4.51. The molecule has 0 amide bonds. The van der Waals surface area contributed by atoms with E-state index >= 15 is 0 Å². The van der Waals surface area contributed by atoms with Crippen molar-refractivity contribution >= 4 is 27.6 Å². The molecule has 6 heteroatoms. The van der Waals surface area contributed by atoms with E-state index < -0.39 is 0 Å². The number of hydrogen-bond donors (Lipinski definition) is 1. The number of nitrogens with one attached hydrogen (secondary N) is 1. The van der Waals surface area contributed by atoms with Crippen LogP contribution in [-0.2, 0) is 13.1 Å². The highest BCUT2D eigenvalue weighted by Crippen LogP contribution is 2.12. The first-order chi connectivity index (χ1) is 8.31. The van der Waals surface area contributed by atoms with Gasteiger partial charge in [0.15, 0.2) is 4.96 Å². The van der Waals surface area contributed by atoms with Crippen LogP contribution in [0.1, 0.15) is 16.4 Å². The Morgan fingerprint density at radius 3 is 3.00 bits per heavy atom. The van der Waals surface area contributed by atoms with Gasteiger partial charge in [-0.25, -0.2) is 9.97 Å². The molecule has 3 aromatic heterocycles. The number of aromatic nitrogens is 3. The average molecular weight is 264 g/mol. The Labute approximate surface area is 107 Å². The van der Waals surface area contributed by atoms with Crippen LogP contribution in [0.3, 0.4) is 0 Å². The minimum atomic E-state index is 0.785. The zero-order chi connectivity index (χ0) is 11.7. The second-order valence-electron chi connectivity index (χ2n) is 3.81. The number of aryl methyl sites for hydroxylation is 1. The molecule has 3 heterocycles. The third kappa shape index (κ3) is 2.38. The summed E-state index contributed by atoms with van der Waals surface area (Å²) in [7, 11) is 0. The SMILES string of the molecule is Cc1csc(CNCc2cn3ccsc3n2)n1. The van der Waals surface area contributed by atoms with Crippen molar-refractivity contribution in [2.75, 3.05) is 0 Å². The summed E-state index contributed by atoms with van der Waals surface area (Å²) in [5, 5.41) is 8.60. The first-order valence-electron chi connectivity index (χ1n) is 5.34. The van der Waals surface area contributed by atoms with Gasteiger partial charge in [0.05, 0.1) is 5.69 Å². The van der Waals surface area contributed by atoms with E-state index in [0.717, 1.165) is 34.4 Å². The smallest absolute Gasteiger partial charge is 0.193 e. The molecule has 0 fully saturated rings. The predicted octanol–water partition coefficient (Wildman–Crippen LogP) is 2.45. The van der Waals surface area contributed by atoms with Gasteiger partial charge in [-0.3, -0.25) is 4.40 Å². The molecule has 0 aliphatic heterocycles. The molecule has 0 aliphatic carbocycles. The zero-order valence-electron chi connectivity index (χ0n) is 9.38. The normalized spacial score (nSPS) is 11.4. The molecule has 0 saturated heterocycles. The second kappa shape index (κ2) is 4.56. The van der Waals surface area contributed by atoms with Gasteiger partial charge in [0.1, 0.15) is 5.01 Å². The number of fused-ring (bicyclic) bond motifs is 1. The van der Waals surface area contributed by atoms with Crippen LogP contribution in [0.15, 0.2) is 23.2 Å². The molecule has 3 aromatic rings. The fourth-order valence-electron chi connectivity index (χ4n) is 1.64. The fourth-order valence-corrected chi connectivity index (χ4v) is 3.10. The second-order valence-corrected chi connectivity index (χ2v) is 5.63. The lowest BCUT2D eigenvalue weighted by Gasteiger charge is -1.98. The van der Waals surface area contributed by atoms with Crippen LogP contribution in [0.5, 0.6) is 0 Å². The Balaban J connectivity index is 1.59. The molecule has 0 bridgehead atoms. The Kier molecular flexibility index (Phi) is 2.92. The molecule has 0 unspecified atom stereocenters. The highest BCUT2D eigenvalue weighted by Gasteiger charge is 2.03. The lowest BCUT2D eigenvalue weighted by Crippen LogP contribution is -2.12. The number of rotatable bonds is 4. The lowest BCUT2D eigenvalue weighted by atomic mass is 10.4. The Morgan fingerprint density at radius 2 is 2.24 bits per heavy atom. The molecule has 4 nitrogen and oxygen atoms in total. The molecular formula is C11H12N4S2. The summed E-state index contributed by atoms with van der Waals surface area (Å²) < 4.78 is 2.05. The number of nitrogens with zero attached hydrogens (tertiary/aromatic N) is 3. The van der Waals surface area contributed by atoms with Gasteiger partial charge in [0, 0.05) is 41.9 Å². The highest BCUT2D eigenvalue weighted by molar-refractivity contribution is 7.15. The fraction of sp³-hybridized carbons (Fsp3) is 0.273. The predicted molar refractivity (Wildman–Crippen MR) is 70.5 cm³/mol. The van der Waals surface area contributed by atoms with Gasteiger partial charge in [0.2, 0.25) is 0 Å². The Morgan fingerprint density at radius 1 is 1.29 bits per heavy atom. The summed E-state index contributed by atoms with van der Waals surface area (Å²) in [4.78, 5) is 9.97. The van der Waals surface area contributed by atoms with Gasteiger partial charge >= 0.3 is 0 Å². The Hall–Kier alpha value is -1.24. The molecule has 0 atom stereocenters. The van der Waals surface area contributed by atoms with Crippen LogP contribution in [0, 0.1) is 6.92 Å². The zero-order valence-corrected chi connectivity index (χ0v) is 11.0. The van der Waals surface area contributed by atoms with Crippen LogP contribution in [-0.4, -0.2) is 14.4 Å². The minimum Gasteiger partial charge on any atom is -0.305 e. The van der Waals surface area contributed by atoms with E-state index in [4.69, 9.17) is 0 Å². The minimum absolute atomic E-state index is 0.785. The topological polar surface area (TPSA) is 42.2 Å². The van der Waals surface area contributed by atoms with Crippen molar-refractivity contribution in [3.8, 4) is 0 Å². The van der Waals surface area contributed by atoms with Crippen molar-refractivity contribution < 1.29 is 0 Å². The number of hydrogen-bond acceptors (Lipinski definition) is 5. The van der Waals surface area contributed by atoms with Gasteiger partial charge in [-0.15, -0.1) is 22.7 Å². The van der Waals surface area contributed by atoms with Gasteiger partial charge < -0.3 is 5.32 Å². The first-order valence-corrected chi connectivity index (χ1v) is 7.10. The molecular weight excluding hydrogens is 252 g/mol. The van der Waals surface area contributed by atoms with Crippen molar-refractivity contribution in [3.05, 3.63) is 39.5 Å². The summed E-state index contributed by atoms with van der Waals surface area (Å²) in [5.74, 6) is 0. The largest absolute Gasteiger partial charge is 0.305 e. The Bertz CT molecular complexity index is 594. The van der Waals surface area contributed by atoms with Crippen LogP contribution in [0.2, 0.25) is 0 Å². The van der Waals surface area contributed by atoms with Crippen LogP contribution >= 0.6 is 22.7 Å². The van der Waals surface area contributed by atoms with Crippen molar-refractivity contribution in [2.45, 2.75) is 20.0 Å². The summed E-state index contributed by atoms with van der Waals surface area (Å²) in [6, 6.07) is 0. The molecule has 3 rings (SSSR count).